The number of rotatable bonds is 3. The minimum atomic E-state index is -4.78. The Labute approximate surface area is 196 Å². The van der Waals surface area contributed by atoms with E-state index in [1.807, 2.05) is 31.2 Å². The van der Waals surface area contributed by atoms with Gasteiger partial charge in [0.2, 0.25) is 0 Å². The first-order valence-electron chi connectivity index (χ1n) is 11.1. The SMILES string of the molecule is CC1Cc2ccc(OC(F)(F)F)cc2C=NN1C(=O)N(C)c1ccc(N2CCC(O)CC2)cc1. The van der Waals surface area contributed by atoms with Crippen molar-refractivity contribution in [3.63, 3.8) is 0 Å². The fourth-order valence-electron chi connectivity index (χ4n) is 4.23. The number of hydrogen-bond acceptors (Lipinski definition) is 5. The Balaban J connectivity index is 1.46. The zero-order valence-electron chi connectivity index (χ0n) is 19.0. The van der Waals surface area contributed by atoms with Gasteiger partial charge in [0.05, 0.1) is 18.4 Å². The summed E-state index contributed by atoms with van der Waals surface area (Å²) in [5.74, 6) is -0.328. The Morgan fingerprint density at radius 1 is 1.15 bits per heavy atom. The number of benzene rings is 2. The molecule has 2 aliphatic heterocycles. The van der Waals surface area contributed by atoms with Gasteiger partial charge in [0, 0.05) is 37.1 Å². The third-order valence-electron chi connectivity index (χ3n) is 6.15. The van der Waals surface area contributed by atoms with Gasteiger partial charge in [-0.3, -0.25) is 4.90 Å². The van der Waals surface area contributed by atoms with E-state index in [0.717, 1.165) is 37.2 Å². The van der Waals surface area contributed by atoms with Gasteiger partial charge in [-0.25, -0.2) is 9.80 Å². The minimum absolute atomic E-state index is 0.245. The molecular weight excluding hydrogens is 449 g/mol. The van der Waals surface area contributed by atoms with Crippen LogP contribution in [0.15, 0.2) is 47.6 Å². The molecule has 1 saturated heterocycles. The smallest absolute Gasteiger partial charge is 0.406 e. The molecule has 10 heteroatoms. The Kier molecular flexibility index (Phi) is 6.70. The number of fused-ring (bicyclic) bond motifs is 1. The van der Waals surface area contributed by atoms with Gasteiger partial charge in [-0.05, 0) is 68.1 Å². The standard InChI is InChI=1S/C24H27F3N4O3/c1-16-13-17-3-8-22(34-24(25,26)27)14-18(17)15-28-31(16)23(33)29(2)19-4-6-20(7-5-19)30-11-9-21(32)10-12-30/h3-8,14-16,21,32H,9-13H2,1-2H3. The van der Waals surface area contributed by atoms with Crippen molar-refractivity contribution in [2.75, 3.05) is 29.9 Å². The Hall–Kier alpha value is -3.27. The van der Waals surface area contributed by atoms with E-state index in [1.54, 1.807) is 13.1 Å². The number of carbonyl (C=O) groups excluding carboxylic acids is 1. The molecular formula is C24H27F3N4O3. The maximum Gasteiger partial charge on any atom is 0.573 e. The van der Waals surface area contributed by atoms with E-state index in [-0.39, 0.29) is 23.9 Å². The van der Waals surface area contributed by atoms with Crippen molar-refractivity contribution in [1.29, 1.82) is 0 Å². The Morgan fingerprint density at radius 3 is 2.47 bits per heavy atom. The summed E-state index contributed by atoms with van der Waals surface area (Å²) >= 11 is 0. The predicted molar refractivity (Wildman–Crippen MR) is 123 cm³/mol. The highest BCUT2D eigenvalue weighted by Crippen LogP contribution is 2.28. The minimum Gasteiger partial charge on any atom is -0.406 e. The summed E-state index contributed by atoms with van der Waals surface area (Å²) in [5.41, 5.74) is 2.98. The molecule has 2 aromatic rings. The van der Waals surface area contributed by atoms with Crippen molar-refractivity contribution in [2.24, 2.45) is 5.10 Å². The van der Waals surface area contributed by atoms with Crippen LogP contribution >= 0.6 is 0 Å². The number of aliphatic hydroxyl groups excluding tert-OH is 1. The largest absolute Gasteiger partial charge is 0.573 e. The first-order chi connectivity index (χ1) is 16.1. The van der Waals surface area contributed by atoms with Crippen LogP contribution in [0.25, 0.3) is 0 Å². The first-order valence-corrected chi connectivity index (χ1v) is 11.1. The monoisotopic (exact) mass is 476 g/mol. The molecule has 0 saturated carbocycles. The third kappa shape index (κ3) is 5.44. The first kappa shape index (κ1) is 23.9. The molecule has 2 heterocycles. The van der Waals surface area contributed by atoms with E-state index in [4.69, 9.17) is 0 Å². The van der Waals surface area contributed by atoms with Crippen molar-refractivity contribution in [3.05, 3.63) is 53.6 Å². The van der Waals surface area contributed by atoms with Crippen molar-refractivity contribution in [3.8, 4) is 5.75 Å². The molecule has 1 unspecified atom stereocenters. The van der Waals surface area contributed by atoms with Crippen LogP contribution < -0.4 is 14.5 Å². The maximum atomic E-state index is 13.2. The quantitative estimate of drug-likeness (QED) is 0.714. The van der Waals surface area contributed by atoms with Gasteiger partial charge in [-0.2, -0.15) is 5.10 Å². The van der Waals surface area contributed by atoms with Crippen LogP contribution in [0.1, 0.15) is 30.9 Å². The van der Waals surface area contributed by atoms with Gasteiger partial charge in [-0.15, -0.1) is 13.2 Å². The fraction of sp³-hybridized carbons (Fsp3) is 0.417. The number of piperidine rings is 1. The molecule has 0 spiro atoms. The third-order valence-corrected chi connectivity index (χ3v) is 6.15. The summed E-state index contributed by atoms with van der Waals surface area (Å²) in [4.78, 5) is 16.9. The molecule has 0 aromatic heterocycles. The summed E-state index contributed by atoms with van der Waals surface area (Å²) in [6, 6.07) is 11.1. The van der Waals surface area contributed by atoms with Crippen molar-refractivity contribution in [1.82, 2.24) is 5.01 Å². The molecule has 4 rings (SSSR count). The van der Waals surface area contributed by atoms with Crippen molar-refractivity contribution < 1.29 is 27.8 Å². The number of amides is 2. The molecule has 2 amide bonds. The topological polar surface area (TPSA) is 68.6 Å². The number of hydrogen-bond donors (Lipinski definition) is 1. The number of hydrazone groups is 1. The van der Waals surface area contributed by atoms with E-state index in [2.05, 4.69) is 14.7 Å². The molecule has 1 atom stereocenters. The molecule has 0 bridgehead atoms. The highest BCUT2D eigenvalue weighted by atomic mass is 19.4. The summed E-state index contributed by atoms with van der Waals surface area (Å²) in [7, 11) is 1.66. The number of carbonyl (C=O) groups is 1. The summed E-state index contributed by atoms with van der Waals surface area (Å²) in [6.07, 6.45) is -1.74. The number of anilines is 2. The number of aliphatic hydroxyl groups is 1. The van der Waals surface area contributed by atoms with Gasteiger partial charge in [0.1, 0.15) is 5.75 Å². The lowest BCUT2D eigenvalue weighted by Crippen LogP contribution is -2.43. The van der Waals surface area contributed by atoms with Crippen LogP contribution in [0.2, 0.25) is 0 Å². The van der Waals surface area contributed by atoms with E-state index < -0.39 is 6.36 Å². The lowest BCUT2D eigenvalue weighted by Gasteiger charge is -2.32. The lowest BCUT2D eigenvalue weighted by molar-refractivity contribution is -0.274. The number of ether oxygens (including phenoxy) is 1. The van der Waals surface area contributed by atoms with Crippen molar-refractivity contribution >= 4 is 23.6 Å². The van der Waals surface area contributed by atoms with Gasteiger partial charge >= 0.3 is 12.4 Å². The second kappa shape index (κ2) is 9.54. The summed E-state index contributed by atoms with van der Waals surface area (Å²) < 4.78 is 41.7. The lowest BCUT2D eigenvalue weighted by atomic mass is 10.0. The highest BCUT2D eigenvalue weighted by Gasteiger charge is 2.32. The Bertz CT molecular complexity index is 1050. The molecule has 1 fully saturated rings. The normalized spacial score (nSPS) is 18.9. The zero-order valence-corrected chi connectivity index (χ0v) is 19.0. The number of halogens is 3. The number of alkyl halides is 3. The van der Waals surface area contributed by atoms with Crippen LogP contribution in [0.4, 0.5) is 29.3 Å². The van der Waals surface area contributed by atoms with E-state index in [9.17, 15) is 23.1 Å². The second-order valence-electron chi connectivity index (χ2n) is 8.63. The van der Waals surface area contributed by atoms with Gasteiger partial charge in [-0.1, -0.05) is 6.07 Å². The molecule has 0 aliphatic carbocycles. The summed E-state index contributed by atoms with van der Waals surface area (Å²) in [6.45, 7) is 3.41. The average molecular weight is 476 g/mol. The second-order valence-corrected chi connectivity index (χ2v) is 8.63. The molecule has 182 valence electrons. The van der Waals surface area contributed by atoms with Gasteiger partial charge in [0.25, 0.3) is 0 Å². The molecule has 34 heavy (non-hydrogen) atoms. The van der Waals surface area contributed by atoms with Gasteiger partial charge < -0.3 is 14.7 Å². The van der Waals surface area contributed by atoms with E-state index in [0.29, 0.717) is 17.7 Å². The van der Waals surface area contributed by atoms with Gasteiger partial charge in [0.15, 0.2) is 0 Å². The summed E-state index contributed by atoms with van der Waals surface area (Å²) in [5, 5.41) is 15.3. The Morgan fingerprint density at radius 2 is 1.82 bits per heavy atom. The molecule has 2 aliphatic rings. The molecule has 0 radical (unpaired) electrons. The number of urea groups is 1. The predicted octanol–water partition coefficient (Wildman–Crippen LogP) is 4.38. The van der Waals surface area contributed by atoms with E-state index in [1.165, 1.54) is 28.3 Å². The average Bonchev–Trinajstić information content (AvgIpc) is 2.95. The molecule has 2 aromatic carbocycles. The maximum absolute atomic E-state index is 13.2. The van der Waals surface area contributed by atoms with Crippen molar-refractivity contribution in [2.45, 2.75) is 44.7 Å². The van der Waals surface area contributed by atoms with Crippen LogP contribution in [0.5, 0.6) is 5.75 Å². The fourth-order valence-corrected chi connectivity index (χ4v) is 4.23. The molecule has 1 N–H and O–H groups in total. The van der Waals surface area contributed by atoms with Crippen LogP contribution in [0, 0.1) is 0 Å². The zero-order chi connectivity index (χ0) is 24.5. The van der Waals surface area contributed by atoms with Crippen LogP contribution in [-0.4, -0.2) is 61.0 Å². The van der Waals surface area contributed by atoms with Crippen LogP contribution in [-0.2, 0) is 6.42 Å². The highest BCUT2D eigenvalue weighted by molar-refractivity contribution is 5.93. The number of nitrogens with zero attached hydrogens (tertiary/aromatic N) is 4. The van der Waals surface area contributed by atoms with E-state index >= 15 is 0 Å². The van der Waals surface area contributed by atoms with Crippen LogP contribution in [0.3, 0.4) is 0 Å². The molecule has 7 nitrogen and oxygen atoms in total.